The maximum atomic E-state index is 6.08. The van der Waals surface area contributed by atoms with Gasteiger partial charge in [-0.1, -0.05) is 30.3 Å². The van der Waals surface area contributed by atoms with E-state index in [-0.39, 0.29) is 6.10 Å². The van der Waals surface area contributed by atoms with E-state index in [1.54, 1.807) is 0 Å². The number of aromatic nitrogens is 2. The maximum Gasteiger partial charge on any atom is 0.103 e. The molecule has 4 rings (SSSR count). The molecule has 0 radical (unpaired) electrons. The van der Waals surface area contributed by atoms with Crippen LogP contribution in [0.25, 0.3) is 0 Å². The summed E-state index contributed by atoms with van der Waals surface area (Å²) in [6.45, 7) is 8.34. The maximum absolute atomic E-state index is 6.08. The lowest BCUT2D eigenvalue weighted by Crippen LogP contribution is -2.46. The molecule has 5 heteroatoms. The summed E-state index contributed by atoms with van der Waals surface area (Å²) in [6, 6.07) is 13.5. The van der Waals surface area contributed by atoms with Crippen LogP contribution < -0.4 is 5.32 Å². The smallest absolute Gasteiger partial charge is 0.103 e. The second-order valence-corrected chi connectivity index (χ2v) is 7.88. The lowest BCUT2D eigenvalue weighted by atomic mass is 9.97. The van der Waals surface area contributed by atoms with Crippen molar-refractivity contribution in [1.29, 1.82) is 0 Å². The van der Waals surface area contributed by atoms with E-state index in [4.69, 9.17) is 4.74 Å². The normalized spacial score (nSPS) is 26.5. The number of hydrogen-bond acceptors (Lipinski definition) is 4. The fourth-order valence-electron chi connectivity index (χ4n) is 4.54. The Kier molecular flexibility index (Phi) is 6.22. The molecule has 1 aromatic carbocycles. The molecule has 0 spiro atoms. The van der Waals surface area contributed by atoms with Crippen LogP contribution in [0, 0.1) is 5.92 Å². The van der Waals surface area contributed by atoms with Gasteiger partial charge in [-0.25, -0.2) is 0 Å². The van der Waals surface area contributed by atoms with Crippen molar-refractivity contribution in [3.63, 3.8) is 0 Å². The molecule has 27 heavy (non-hydrogen) atoms. The number of nitrogens with one attached hydrogen (secondary N) is 1. The van der Waals surface area contributed by atoms with E-state index in [0.29, 0.717) is 12.0 Å². The summed E-state index contributed by atoms with van der Waals surface area (Å²) < 4.78 is 8.16. The van der Waals surface area contributed by atoms with Gasteiger partial charge in [0.2, 0.25) is 0 Å². The largest absolute Gasteiger partial charge is 0.372 e. The zero-order valence-electron chi connectivity index (χ0n) is 16.4. The molecular formula is C22H32N4O. The molecule has 0 bridgehead atoms. The molecule has 2 fully saturated rings. The molecule has 0 unspecified atom stereocenters. The van der Waals surface area contributed by atoms with Crippen molar-refractivity contribution in [3.05, 3.63) is 53.9 Å². The third-order valence-corrected chi connectivity index (χ3v) is 5.98. The van der Waals surface area contributed by atoms with Gasteiger partial charge >= 0.3 is 0 Å². The first-order valence-electron chi connectivity index (χ1n) is 10.5. The Morgan fingerprint density at radius 1 is 1.19 bits per heavy atom. The average Bonchev–Trinajstić information content (AvgIpc) is 3.36. The predicted octanol–water partition coefficient (Wildman–Crippen LogP) is 3.23. The monoisotopic (exact) mass is 368 g/mol. The molecule has 0 aliphatic carbocycles. The summed E-state index contributed by atoms with van der Waals surface area (Å²) in [5.74, 6) is 0.538. The molecule has 0 saturated carbocycles. The Morgan fingerprint density at radius 2 is 2.07 bits per heavy atom. The standard InChI is InChI=1S/C22H32N4O/c1-2-26-21(10-12-24-26)22-19(11-14-27-22)15-23-20-9-6-13-25(17-20)16-18-7-4-3-5-8-18/h3-5,7-8,10,12,19-20,22-23H,2,6,9,11,13-17H2,1H3/t19-,20+,22+/m0/s1. The molecule has 5 nitrogen and oxygen atoms in total. The lowest BCUT2D eigenvalue weighted by molar-refractivity contribution is 0.0808. The van der Waals surface area contributed by atoms with Crippen LogP contribution in [0.15, 0.2) is 42.6 Å². The number of benzene rings is 1. The van der Waals surface area contributed by atoms with Crippen LogP contribution in [0.3, 0.4) is 0 Å². The number of piperidine rings is 1. The summed E-state index contributed by atoms with van der Waals surface area (Å²) in [4.78, 5) is 2.59. The van der Waals surface area contributed by atoms with Crippen molar-refractivity contribution in [2.24, 2.45) is 5.92 Å². The van der Waals surface area contributed by atoms with Gasteiger partial charge in [0.05, 0.1) is 5.69 Å². The number of aryl methyl sites for hydroxylation is 1. The Hall–Kier alpha value is -1.69. The van der Waals surface area contributed by atoms with Crippen molar-refractivity contribution in [2.45, 2.75) is 51.4 Å². The Balaban J connectivity index is 1.30. The van der Waals surface area contributed by atoms with Gasteiger partial charge in [-0.2, -0.15) is 5.10 Å². The summed E-state index contributed by atoms with van der Waals surface area (Å²) in [6.07, 6.45) is 5.76. The van der Waals surface area contributed by atoms with E-state index in [0.717, 1.165) is 39.2 Å². The van der Waals surface area contributed by atoms with Crippen LogP contribution in [-0.2, 0) is 17.8 Å². The van der Waals surface area contributed by atoms with Crippen LogP contribution in [-0.4, -0.2) is 47.0 Å². The molecular weight excluding hydrogens is 336 g/mol. The molecule has 2 aromatic rings. The molecule has 0 amide bonds. The van der Waals surface area contributed by atoms with Crippen molar-refractivity contribution >= 4 is 0 Å². The second kappa shape index (κ2) is 9.00. The van der Waals surface area contributed by atoms with E-state index in [1.807, 2.05) is 6.20 Å². The van der Waals surface area contributed by atoms with Gasteiger partial charge in [0.25, 0.3) is 0 Å². The zero-order chi connectivity index (χ0) is 18.5. The van der Waals surface area contributed by atoms with Gasteiger partial charge in [0.15, 0.2) is 0 Å². The molecule has 3 atom stereocenters. The highest BCUT2D eigenvalue weighted by Crippen LogP contribution is 2.34. The van der Waals surface area contributed by atoms with Gasteiger partial charge < -0.3 is 10.1 Å². The Labute approximate surface area is 162 Å². The third-order valence-electron chi connectivity index (χ3n) is 5.98. The molecule has 3 heterocycles. The summed E-state index contributed by atoms with van der Waals surface area (Å²) in [5.41, 5.74) is 2.64. The lowest BCUT2D eigenvalue weighted by Gasteiger charge is -2.34. The fourth-order valence-corrected chi connectivity index (χ4v) is 4.54. The molecule has 2 aliphatic rings. The van der Waals surface area contributed by atoms with Crippen molar-refractivity contribution in [2.75, 3.05) is 26.2 Å². The highest BCUT2D eigenvalue weighted by molar-refractivity contribution is 5.14. The van der Waals surface area contributed by atoms with E-state index in [9.17, 15) is 0 Å². The Morgan fingerprint density at radius 3 is 2.93 bits per heavy atom. The molecule has 2 aliphatic heterocycles. The van der Waals surface area contributed by atoms with Crippen molar-refractivity contribution in [3.8, 4) is 0 Å². The second-order valence-electron chi connectivity index (χ2n) is 7.88. The number of likely N-dealkylation sites (tertiary alicyclic amines) is 1. The minimum atomic E-state index is 0.184. The average molecular weight is 369 g/mol. The van der Waals surface area contributed by atoms with E-state index < -0.39 is 0 Å². The number of hydrogen-bond donors (Lipinski definition) is 1. The van der Waals surface area contributed by atoms with Gasteiger partial charge in [0, 0.05) is 50.9 Å². The predicted molar refractivity (Wildman–Crippen MR) is 107 cm³/mol. The summed E-state index contributed by atoms with van der Waals surface area (Å²) in [5, 5.41) is 8.28. The number of rotatable bonds is 7. The van der Waals surface area contributed by atoms with Gasteiger partial charge in [-0.15, -0.1) is 0 Å². The number of ether oxygens (including phenoxy) is 1. The highest BCUT2D eigenvalue weighted by atomic mass is 16.5. The SMILES string of the molecule is CCn1nccc1[C@@H]1OCC[C@H]1CN[C@@H]1CCCN(Cc2ccccc2)C1. The number of nitrogens with zero attached hydrogens (tertiary/aromatic N) is 3. The van der Waals surface area contributed by atoms with Crippen LogP contribution in [0.1, 0.15) is 43.5 Å². The zero-order valence-corrected chi connectivity index (χ0v) is 16.4. The van der Waals surface area contributed by atoms with Crippen LogP contribution in [0.2, 0.25) is 0 Å². The fraction of sp³-hybridized carbons (Fsp3) is 0.591. The molecule has 1 aromatic heterocycles. The van der Waals surface area contributed by atoms with E-state index in [1.165, 1.54) is 30.6 Å². The van der Waals surface area contributed by atoms with Crippen molar-refractivity contribution < 1.29 is 4.74 Å². The molecule has 1 N–H and O–H groups in total. The minimum absolute atomic E-state index is 0.184. The van der Waals surface area contributed by atoms with Crippen LogP contribution in [0.5, 0.6) is 0 Å². The first-order valence-corrected chi connectivity index (χ1v) is 10.5. The first kappa shape index (κ1) is 18.7. The summed E-state index contributed by atoms with van der Waals surface area (Å²) in [7, 11) is 0. The minimum Gasteiger partial charge on any atom is -0.372 e. The van der Waals surface area contributed by atoms with Gasteiger partial charge in [0.1, 0.15) is 6.10 Å². The Bertz CT molecular complexity index is 701. The molecule has 2 saturated heterocycles. The highest BCUT2D eigenvalue weighted by Gasteiger charge is 2.32. The third kappa shape index (κ3) is 4.60. The quantitative estimate of drug-likeness (QED) is 0.815. The molecule has 146 valence electrons. The van der Waals surface area contributed by atoms with Crippen LogP contribution >= 0.6 is 0 Å². The van der Waals surface area contributed by atoms with Gasteiger partial charge in [-0.05, 0) is 44.4 Å². The van der Waals surface area contributed by atoms with Crippen molar-refractivity contribution in [1.82, 2.24) is 20.0 Å². The van der Waals surface area contributed by atoms with E-state index >= 15 is 0 Å². The van der Waals surface area contributed by atoms with E-state index in [2.05, 4.69) is 63.3 Å². The summed E-state index contributed by atoms with van der Waals surface area (Å²) >= 11 is 0. The topological polar surface area (TPSA) is 42.3 Å². The van der Waals surface area contributed by atoms with Gasteiger partial charge in [-0.3, -0.25) is 9.58 Å². The first-order chi connectivity index (χ1) is 13.3. The van der Waals surface area contributed by atoms with Crippen LogP contribution in [0.4, 0.5) is 0 Å².